The third-order valence-corrected chi connectivity index (χ3v) is 3.17. The number of nitrogens with zero attached hydrogens (tertiary/aromatic N) is 1. The van der Waals surface area contributed by atoms with E-state index in [0.29, 0.717) is 0 Å². The normalized spacial score (nSPS) is 12.3. The van der Waals surface area contributed by atoms with Gasteiger partial charge in [-0.15, -0.1) is 0 Å². The lowest BCUT2D eigenvalue weighted by Gasteiger charge is -2.19. The molecule has 8 heteroatoms. The van der Waals surface area contributed by atoms with Crippen molar-refractivity contribution in [3.63, 3.8) is 0 Å². The van der Waals surface area contributed by atoms with Crippen LogP contribution in [0, 0.1) is 17.2 Å². The summed E-state index contributed by atoms with van der Waals surface area (Å²) in [5.41, 5.74) is 0.799. The van der Waals surface area contributed by atoms with Crippen LogP contribution in [-0.4, -0.2) is 35.7 Å². The second-order valence-electron chi connectivity index (χ2n) is 5.14. The number of amides is 2. The average Bonchev–Trinajstić information content (AvgIpc) is 2.56. The van der Waals surface area contributed by atoms with Gasteiger partial charge in [0.1, 0.15) is 19.2 Å². The van der Waals surface area contributed by atoms with Crippen molar-refractivity contribution >= 4 is 18.0 Å². The fourth-order valence-electron chi connectivity index (χ4n) is 1.86. The Kier molecular flexibility index (Phi) is 7.78. The number of nitriles is 1. The van der Waals surface area contributed by atoms with Crippen LogP contribution in [0.3, 0.4) is 0 Å². The average molecular weight is 333 g/mol. The quantitative estimate of drug-likeness (QED) is 0.652. The fraction of sp³-hybridized carbons (Fsp3) is 0.375. The van der Waals surface area contributed by atoms with Crippen LogP contribution in [0.25, 0.3) is 0 Å². The first-order valence-electron chi connectivity index (χ1n) is 7.27. The highest BCUT2D eigenvalue weighted by atomic mass is 16.5. The summed E-state index contributed by atoms with van der Waals surface area (Å²) in [6.45, 7) is 1.19. The first kappa shape index (κ1) is 19.0. The molecule has 0 spiro atoms. The summed E-state index contributed by atoms with van der Waals surface area (Å²) in [5.74, 6) is -2.47. The summed E-state index contributed by atoms with van der Waals surface area (Å²) >= 11 is 0. The molecule has 0 fully saturated rings. The zero-order valence-corrected chi connectivity index (χ0v) is 13.2. The second kappa shape index (κ2) is 9.84. The van der Waals surface area contributed by atoms with E-state index in [4.69, 9.17) is 15.1 Å². The van der Waals surface area contributed by atoms with E-state index in [0.717, 1.165) is 5.56 Å². The van der Waals surface area contributed by atoms with Gasteiger partial charge in [-0.3, -0.25) is 4.79 Å². The Bertz CT molecular complexity index is 612. The SMILES string of the molecule is C[C@@H](CC#N)[C@@H](NC(=O)CNC(=O)OCc1ccccc1)C(=O)O. The third-order valence-electron chi connectivity index (χ3n) is 3.17. The highest BCUT2D eigenvalue weighted by Crippen LogP contribution is 2.07. The van der Waals surface area contributed by atoms with Crippen LogP contribution in [0.4, 0.5) is 4.79 Å². The number of nitrogens with one attached hydrogen (secondary N) is 2. The Labute approximate surface area is 139 Å². The highest BCUT2D eigenvalue weighted by molar-refractivity contribution is 5.86. The molecule has 8 nitrogen and oxygen atoms in total. The lowest BCUT2D eigenvalue weighted by molar-refractivity contribution is -0.143. The maximum Gasteiger partial charge on any atom is 0.407 e. The molecule has 0 radical (unpaired) electrons. The van der Waals surface area contributed by atoms with Gasteiger partial charge in [0.2, 0.25) is 5.91 Å². The number of alkyl carbamates (subject to hydrolysis) is 1. The predicted molar refractivity (Wildman–Crippen MR) is 83.6 cm³/mol. The van der Waals surface area contributed by atoms with Crippen LogP contribution in [-0.2, 0) is 20.9 Å². The maximum atomic E-state index is 11.7. The summed E-state index contributed by atoms with van der Waals surface area (Å²) in [7, 11) is 0. The van der Waals surface area contributed by atoms with Gasteiger partial charge in [-0.05, 0) is 5.56 Å². The lowest BCUT2D eigenvalue weighted by atomic mass is 9.99. The van der Waals surface area contributed by atoms with Crippen LogP contribution < -0.4 is 10.6 Å². The van der Waals surface area contributed by atoms with Crippen molar-refractivity contribution in [2.24, 2.45) is 5.92 Å². The number of aliphatic carboxylic acids is 1. The number of rotatable bonds is 8. The van der Waals surface area contributed by atoms with E-state index in [1.807, 2.05) is 12.1 Å². The Balaban J connectivity index is 2.37. The molecule has 0 unspecified atom stereocenters. The number of carboxylic acid groups (broad SMARTS) is 1. The monoisotopic (exact) mass is 333 g/mol. The fourth-order valence-corrected chi connectivity index (χ4v) is 1.86. The minimum Gasteiger partial charge on any atom is -0.480 e. The van der Waals surface area contributed by atoms with Gasteiger partial charge in [0.15, 0.2) is 0 Å². The van der Waals surface area contributed by atoms with E-state index < -0.39 is 36.5 Å². The number of carbonyl (C=O) groups is 3. The molecule has 0 bridgehead atoms. The molecule has 0 aromatic heterocycles. The standard InChI is InChI=1S/C16H19N3O5/c1-11(7-8-17)14(15(21)22)19-13(20)9-18-16(23)24-10-12-5-3-2-4-6-12/h2-6,11,14H,7,9-10H2,1H3,(H,18,23)(H,19,20)(H,21,22)/t11-,14+/m0/s1. The molecule has 128 valence electrons. The number of hydrogen-bond donors (Lipinski definition) is 3. The van der Waals surface area contributed by atoms with Gasteiger partial charge in [0, 0.05) is 12.3 Å². The van der Waals surface area contributed by atoms with Gasteiger partial charge < -0.3 is 20.5 Å². The zero-order valence-electron chi connectivity index (χ0n) is 13.2. The van der Waals surface area contributed by atoms with Gasteiger partial charge in [-0.1, -0.05) is 37.3 Å². The molecule has 3 N–H and O–H groups in total. The zero-order chi connectivity index (χ0) is 17.9. The van der Waals surface area contributed by atoms with E-state index >= 15 is 0 Å². The smallest absolute Gasteiger partial charge is 0.407 e. The predicted octanol–water partition coefficient (Wildman–Crippen LogP) is 1.03. The minimum absolute atomic E-state index is 0.0101. The van der Waals surface area contributed by atoms with Gasteiger partial charge in [-0.25, -0.2) is 9.59 Å². The summed E-state index contributed by atoms with van der Waals surface area (Å²) in [6, 6.07) is 9.67. The maximum absolute atomic E-state index is 11.7. The Morgan fingerprint density at radius 1 is 1.29 bits per heavy atom. The molecule has 0 aliphatic carbocycles. The van der Waals surface area contributed by atoms with Gasteiger partial charge in [-0.2, -0.15) is 5.26 Å². The van der Waals surface area contributed by atoms with E-state index in [9.17, 15) is 14.4 Å². The van der Waals surface area contributed by atoms with Gasteiger partial charge >= 0.3 is 12.1 Å². The summed E-state index contributed by atoms with van der Waals surface area (Å²) in [6.07, 6.45) is -0.796. The van der Waals surface area contributed by atoms with Crippen molar-refractivity contribution in [2.45, 2.75) is 26.0 Å². The van der Waals surface area contributed by atoms with Crippen molar-refractivity contribution in [2.75, 3.05) is 6.54 Å². The van der Waals surface area contributed by atoms with Gasteiger partial charge in [0.25, 0.3) is 0 Å². The third kappa shape index (κ3) is 6.79. The van der Waals surface area contributed by atoms with Crippen molar-refractivity contribution in [1.82, 2.24) is 10.6 Å². The van der Waals surface area contributed by atoms with Crippen LogP contribution >= 0.6 is 0 Å². The first-order chi connectivity index (χ1) is 11.4. The summed E-state index contributed by atoms with van der Waals surface area (Å²) in [4.78, 5) is 34.3. The number of ether oxygens (including phenoxy) is 1. The molecule has 0 heterocycles. The molecule has 24 heavy (non-hydrogen) atoms. The molecule has 0 saturated heterocycles. The van der Waals surface area contributed by atoms with Crippen LogP contribution in [0.5, 0.6) is 0 Å². The Morgan fingerprint density at radius 3 is 2.54 bits per heavy atom. The van der Waals surface area contributed by atoms with Crippen molar-refractivity contribution in [3.05, 3.63) is 35.9 Å². The van der Waals surface area contributed by atoms with Crippen LogP contribution in [0.15, 0.2) is 30.3 Å². The Hall–Kier alpha value is -3.08. The van der Waals surface area contributed by atoms with E-state index in [1.54, 1.807) is 31.2 Å². The molecule has 0 saturated carbocycles. The van der Waals surface area contributed by atoms with Gasteiger partial charge in [0.05, 0.1) is 6.07 Å². The van der Waals surface area contributed by atoms with Crippen molar-refractivity contribution in [1.29, 1.82) is 5.26 Å². The molecule has 0 aliphatic heterocycles. The minimum atomic E-state index is -1.24. The summed E-state index contributed by atoms with van der Waals surface area (Å²) < 4.78 is 4.93. The molecule has 1 aromatic carbocycles. The largest absolute Gasteiger partial charge is 0.480 e. The molecule has 1 rings (SSSR count). The first-order valence-corrected chi connectivity index (χ1v) is 7.27. The van der Waals surface area contributed by atoms with Crippen LogP contribution in [0.2, 0.25) is 0 Å². The number of carbonyl (C=O) groups excluding carboxylic acids is 2. The molecule has 1 aromatic rings. The topological polar surface area (TPSA) is 129 Å². The molecule has 0 aliphatic rings. The lowest BCUT2D eigenvalue weighted by Crippen LogP contribution is -2.48. The van der Waals surface area contributed by atoms with Crippen molar-refractivity contribution < 1.29 is 24.2 Å². The molecule has 2 amide bonds. The molecule has 2 atom stereocenters. The molecular formula is C16H19N3O5. The second-order valence-corrected chi connectivity index (χ2v) is 5.14. The molecular weight excluding hydrogens is 314 g/mol. The van der Waals surface area contributed by atoms with Crippen LogP contribution in [0.1, 0.15) is 18.9 Å². The van der Waals surface area contributed by atoms with E-state index in [-0.39, 0.29) is 13.0 Å². The van der Waals surface area contributed by atoms with E-state index in [1.165, 1.54) is 0 Å². The number of benzene rings is 1. The van der Waals surface area contributed by atoms with E-state index in [2.05, 4.69) is 10.6 Å². The number of hydrogen-bond acceptors (Lipinski definition) is 5. The number of carboxylic acids is 1. The summed E-state index contributed by atoms with van der Waals surface area (Å²) in [5, 5.41) is 22.2. The van der Waals surface area contributed by atoms with Crippen molar-refractivity contribution in [3.8, 4) is 6.07 Å². The Morgan fingerprint density at radius 2 is 1.96 bits per heavy atom. The highest BCUT2D eigenvalue weighted by Gasteiger charge is 2.26.